The topological polar surface area (TPSA) is 44.0 Å². The number of hydrogen-bond acceptors (Lipinski definition) is 3. The zero-order valence-electron chi connectivity index (χ0n) is 10.2. The molecule has 0 saturated heterocycles. The van der Waals surface area contributed by atoms with Crippen LogP contribution in [0.2, 0.25) is 0 Å². The molecule has 5 heteroatoms. The van der Waals surface area contributed by atoms with E-state index >= 15 is 0 Å². The number of nitrogens with zero attached hydrogens (tertiary/aromatic N) is 1. The third kappa shape index (κ3) is 3.32. The Morgan fingerprint density at radius 1 is 1.26 bits per heavy atom. The summed E-state index contributed by atoms with van der Waals surface area (Å²) in [5, 5.41) is 11.5. The maximum atomic E-state index is 12.8. The maximum Gasteiger partial charge on any atom is 0.252 e. The Morgan fingerprint density at radius 3 is 2.58 bits per heavy atom. The summed E-state index contributed by atoms with van der Waals surface area (Å²) < 4.78 is 13.5. The molecule has 0 spiro atoms. The van der Waals surface area contributed by atoms with Crippen LogP contribution in [0.5, 0.6) is 0 Å². The van der Waals surface area contributed by atoms with Crippen molar-refractivity contribution >= 4 is 17.5 Å². The van der Waals surface area contributed by atoms with Gasteiger partial charge in [0.25, 0.3) is 5.03 Å². The number of halogens is 1. The molecule has 3 nitrogen and oxygen atoms in total. The summed E-state index contributed by atoms with van der Waals surface area (Å²) in [7, 11) is 0. The highest BCUT2D eigenvalue weighted by atomic mass is 32.2. The van der Waals surface area contributed by atoms with E-state index in [1.165, 1.54) is 42.2 Å². The molecular weight excluding hydrogens is 265 g/mol. The lowest BCUT2D eigenvalue weighted by Crippen LogP contribution is -2.29. The average molecular weight is 277 g/mol. The van der Waals surface area contributed by atoms with Gasteiger partial charge in [0.15, 0.2) is 12.0 Å². The van der Waals surface area contributed by atoms with Crippen molar-refractivity contribution < 1.29 is 13.9 Å². The number of carbonyl (C=O) groups is 1. The number of thioether (sulfide) groups is 1. The fourth-order valence-electron chi connectivity index (χ4n) is 1.59. The molecule has 1 atom stereocenters. The quantitative estimate of drug-likeness (QED) is 0.373. The van der Waals surface area contributed by atoms with E-state index in [1.807, 2.05) is 0 Å². The van der Waals surface area contributed by atoms with Crippen LogP contribution in [0.1, 0.15) is 17.3 Å². The Labute approximate surface area is 114 Å². The number of hydrogen-bond donors (Lipinski definition) is 0. The summed E-state index contributed by atoms with van der Waals surface area (Å²) in [5.41, 5.74) is 0.440. The van der Waals surface area contributed by atoms with E-state index in [2.05, 4.69) is 0 Å². The van der Waals surface area contributed by atoms with Crippen LogP contribution in [0.3, 0.4) is 0 Å². The highest BCUT2D eigenvalue weighted by Crippen LogP contribution is 2.22. The van der Waals surface area contributed by atoms with Gasteiger partial charge in [0, 0.05) is 17.7 Å². The zero-order chi connectivity index (χ0) is 13.8. The fourth-order valence-corrected chi connectivity index (χ4v) is 2.51. The molecule has 19 heavy (non-hydrogen) atoms. The van der Waals surface area contributed by atoms with Crippen molar-refractivity contribution in [1.29, 1.82) is 0 Å². The van der Waals surface area contributed by atoms with Crippen molar-refractivity contribution in [2.75, 3.05) is 0 Å². The number of ketones is 1. The smallest absolute Gasteiger partial charge is 0.252 e. The summed E-state index contributed by atoms with van der Waals surface area (Å²) in [4.78, 5) is 12.1. The van der Waals surface area contributed by atoms with E-state index in [9.17, 15) is 14.4 Å². The highest BCUT2D eigenvalue weighted by molar-refractivity contribution is 8.00. The molecule has 98 valence electrons. The summed E-state index contributed by atoms with van der Waals surface area (Å²) in [6.45, 7) is 1.73. The maximum absolute atomic E-state index is 12.8. The first-order valence-electron chi connectivity index (χ1n) is 5.72. The first-order chi connectivity index (χ1) is 9.08. The Balaban J connectivity index is 2.12. The second kappa shape index (κ2) is 5.84. The van der Waals surface area contributed by atoms with E-state index in [1.54, 1.807) is 25.1 Å². The molecule has 1 aromatic heterocycles. The summed E-state index contributed by atoms with van der Waals surface area (Å²) >= 11 is 1.18. The zero-order valence-corrected chi connectivity index (χ0v) is 11.1. The Bertz CT molecular complexity index is 586. The Kier molecular flexibility index (Phi) is 4.16. The third-order valence-electron chi connectivity index (χ3n) is 2.58. The summed E-state index contributed by atoms with van der Waals surface area (Å²) in [6, 6.07) is 10.4. The highest BCUT2D eigenvalue weighted by Gasteiger charge is 2.19. The molecule has 0 aliphatic carbocycles. The monoisotopic (exact) mass is 277 g/mol. The van der Waals surface area contributed by atoms with Crippen LogP contribution in [0.4, 0.5) is 4.39 Å². The van der Waals surface area contributed by atoms with Gasteiger partial charge >= 0.3 is 0 Å². The molecule has 1 aromatic carbocycles. The predicted molar refractivity (Wildman–Crippen MR) is 71.5 cm³/mol. The van der Waals surface area contributed by atoms with Crippen LogP contribution < -0.4 is 4.73 Å². The van der Waals surface area contributed by atoms with Crippen molar-refractivity contribution in [1.82, 2.24) is 0 Å². The molecule has 0 radical (unpaired) electrons. The van der Waals surface area contributed by atoms with Gasteiger partial charge in [-0.1, -0.05) is 0 Å². The molecular formula is C14H12FNO2S. The van der Waals surface area contributed by atoms with Gasteiger partial charge in [-0.15, -0.1) is 0 Å². The van der Waals surface area contributed by atoms with E-state index in [0.29, 0.717) is 10.6 Å². The van der Waals surface area contributed by atoms with Gasteiger partial charge < -0.3 is 5.21 Å². The third-order valence-corrected chi connectivity index (χ3v) is 3.71. The molecule has 0 aliphatic heterocycles. The Hall–Kier alpha value is -1.88. The van der Waals surface area contributed by atoms with Crippen LogP contribution in [0.15, 0.2) is 53.7 Å². The second-order valence-electron chi connectivity index (χ2n) is 4.00. The van der Waals surface area contributed by atoms with Gasteiger partial charge in [0.05, 0.1) is 5.25 Å². The number of aromatic nitrogens is 1. The van der Waals surface area contributed by atoms with Crippen molar-refractivity contribution in [3.8, 4) is 0 Å². The van der Waals surface area contributed by atoms with Crippen molar-refractivity contribution in [3.63, 3.8) is 0 Å². The normalized spacial score (nSPS) is 12.1. The van der Waals surface area contributed by atoms with Gasteiger partial charge in [-0.3, -0.25) is 4.79 Å². The van der Waals surface area contributed by atoms with Crippen molar-refractivity contribution in [2.24, 2.45) is 0 Å². The number of Topliss-reactive ketones (excluding diaryl/α,β-unsaturated/α-hetero) is 1. The molecule has 2 rings (SSSR count). The lowest BCUT2D eigenvalue weighted by atomic mass is 10.1. The van der Waals surface area contributed by atoms with Crippen molar-refractivity contribution in [3.05, 3.63) is 65.2 Å². The molecule has 2 aromatic rings. The Morgan fingerprint density at radius 2 is 1.95 bits per heavy atom. The molecule has 0 aliphatic rings. The van der Waals surface area contributed by atoms with Crippen LogP contribution in [-0.4, -0.2) is 11.0 Å². The average Bonchev–Trinajstić information content (AvgIpc) is 2.41. The summed E-state index contributed by atoms with van der Waals surface area (Å²) in [6.07, 6.45) is 1.39. The molecule has 1 heterocycles. The standard InChI is InChI=1S/C14H12FNO2S/c1-10(19-13-4-2-3-9-16(13)18)14(17)11-5-7-12(15)8-6-11/h2-10H,1H3. The minimum atomic E-state index is -0.409. The number of carbonyl (C=O) groups excluding carboxylic acids is 1. The molecule has 0 N–H and O–H groups in total. The lowest BCUT2D eigenvalue weighted by molar-refractivity contribution is -0.645. The second-order valence-corrected chi connectivity index (χ2v) is 5.36. The van der Waals surface area contributed by atoms with Gasteiger partial charge in [0.2, 0.25) is 0 Å². The minimum absolute atomic E-state index is 0.131. The first-order valence-corrected chi connectivity index (χ1v) is 6.60. The molecule has 0 amide bonds. The van der Waals surface area contributed by atoms with Crippen LogP contribution in [-0.2, 0) is 0 Å². The molecule has 0 fully saturated rings. The number of pyridine rings is 1. The van der Waals surface area contributed by atoms with E-state index in [4.69, 9.17) is 0 Å². The number of rotatable bonds is 4. The van der Waals surface area contributed by atoms with Gasteiger partial charge in [0.1, 0.15) is 5.82 Å². The molecule has 0 saturated carbocycles. The van der Waals surface area contributed by atoms with Crippen LogP contribution >= 0.6 is 11.8 Å². The summed E-state index contributed by atoms with van der Waals surface area (Å²) in [5.74, 6) is -0.508. The largest absolute Gasteiger partial charge is 0.618 e. The SMILES string of the molecule is CC(Sc1cccc[n+]1[O-])C(=O)c1ccc(F)cc1. The van der Waals surface area contributed by atoms with Gasteiger partial charge in [-0.25, -0.2) is 4.39 Å². The van der Waals surface area contributed by atoms with E-state index < -0.39 is 5.25 Å². The van der Waals surface area contributed by atoms with Crippen molar-refractivity contribution in [2.45, 2.75) is 17.2 Å². The van der Waals surface area contributed by atoms with Crippen LogP contribution in [0, 0.1) is 11.0 Å². The minimum Gasteiger partial charge on any atom is -0.618 e. The molecule has 0 bridgehead atoms. The van der Waals surface area contributed by atoms with E-state index in [0.717, 1.165) is 4.73 Å². The van der Waals surface area contributed by atoms with Crippen LogP contribution in [0.25, 0.3) is 0 Å². The molecule has 1 unspecified atom stereocenters. The predicted octanol–water partition coefficient (Wildman–Crippen LogP) is 2.82. The number of benzene rings is 1. The first kappa shape index (κ1) is 13.5. The van der Waals surface area contributed by atoms with Gasteiger partial charge in [-0.05, 0) is 49.0 Å². The fraction of sp³-hybridized carbons (Fsp3) is 0.143. The van der Waals surface area contributed by atoms with E-state index in [-0.39, 0.29) is 11.6 Å². The van der Waals surface area contributed by atoms with Gasteiger partial charge in [-0.2, -0.15) is 4.73 Å². The lowest BCUT2D eigenvalue weighted by Gasteiger charge is -2.09.